The van der Waals surface area contributed by atoms with Gasteiger partial charge in [0.15, 0.2) is 0 Å². The van der Waals surface area contributed by atoms with Gasteiger partial charge in [0.1, 0.15) is 0 Å². The molecule has 0 heterocycles. The third kappa shape index (κ3) is 5.80. The van der Waals surface area contributed by atoms with Crippen LogP contribution in [0.1, 0.15) is 58.8 Å². The lowest BCUT2D eigenvalue weighted by Gasteiger charge is -2.28. The molecule has 0 aliphatic heterocycles. The van der Waals surface area contributed by atoms with Gasteiger partial charge in [-0.15, -0.1) is 0 Å². The van der Waals surface area contributed by atoms with Gasteiger partial charge in [-0.05, 0) is 38.5 Å². The van der Waals surface area contributed by atoms with Gasteiger partial charge in [-0.3, -0.25) is 4.79 Å². The average Bonchev–Trinajstić information content (AvgIpc) is 2.91. The predicted octanol–water partition coefficient (Wildman–Crippen LogP) is 2.85. The lowest BCUT2D eigenvalue weighted by Crippen LogP contribution is -2.45. The molecule has 0 aromatic heterocycles. The van der Waals surface area contributed by atoms with E-state index in [2.05, 4.69) is 5.32 Å². The van der Waals surface area contributed by atoms with Crippen LogP contribution < -0.4 is 5.32 Å². The standard InChI is InChI=1S/C15H28N2O3/c1-3-17(13-6-4-5-7-13)15(20)16-11-10-12(2)8-9-14(18)19/h12-13H,3-11H2,1-2H3,(H,16,20)(H,18,19). The molecule has 5 nitrogen and oxygen atoms in total. The summed E-state index contributed by atoms with van der Waals surface area (Å²) in [6.45, 7) is 5.44. The summed E-state index contributed by atoms with van der Waals surface area (Å²) >= 11 is 0. The zero-order chi connectivity index (χ0) is 15.0. The second-order valence-electron chi connectivity index (χ2n) is 5.78. The van der Waals surface area contributed by atoms with Gasteiger partial charge < -0.3 is 15.3 Å². The smallest absolute Gasteiger partial charge is 0.317 e. The Balaban J connectivity index is 2.22. The maximum absolute atomic E-state index is 12.1. The highest BCUT2D eigenvalue weighted by molar-refractivity contribution is 5.74. The molecule has 5 heteroatoms. The number of carbonyl (C=O) groups excluding carboxylic acids is 1. The van der Waals surface area contributed by atoms with E-state index in [4.69, 9.17) is 5.11 Å². The number of hydrogen-bond donors (Lipinski definition) is 2. The van der Waals surface area contributed by atoms with Crippen LogP contribution in [0.3, 0.4) is 0 Å². The molecule has 20 heavy (non-hydrogen) atoms. The van der Waals surface area contributed by atoms with Crippen LogP contribution >= 0.6 is 0 Å². The van der Waals surface area contributed by atoms with Crippen LogP contribution in [0.15, 0.2) is 0 Å². The number of aliphatic carboxylic acids is 1. The maximum Gasteiger partial charge on any atom is 0.317 e. The zero-order valence-corrected chi connectivity index (χ0v) is 12.7. The quantitative estimate of drug-likeness (QED) is 0.720. The number of carboxylic acid groups (broad SMARTS) is 1. The fourth-order valence-electron chi connectivity index (χ4n) is 2.82. The molecule has 1 saturated carbocycles. The lowest BCUT2D eigenvalue weighted by atomic mass is 10.0. The Morgan fingerprint density at radius 3 is 2.50 bits per heavy atom. The normalized spacial score (nSPS) is 16.9. The van der Waals surface area contributed by atoms with Crippen molar-refractivity contribution in [2.75, 3.05) is 13.1 Å². The van der Waals surface area contributed by atoms with E-state index in [0.29, 0.717) is 24.9 Å². The molecule has 2 N–H and O–H groups in total. The number of carbonyl (C=O) groups is 2. The minimum atomic E-state index is -0.751. The topological polar surface area (TPSA) is 69.6 Å². The lowest BCUT2D eigenvalue weighted by molar-refractivity contribution is -0.137. The summed E-state index contributed by atoms with van der Waals surface area (Å²) < 4.78 is 0. The summed E-state index contributed by atoms with van der Waals surface area (Å²) in [6.07, 6.45) is 6.40. The van der Waals surface area contributed by atoms with Crippen molar-refractivity contribution in [2.24, 2.45) is 5.92 Å². The molecule has 0 saturated heterocycles. The molecule has 1 fully saturated rings. The summed E-state index contributed by atoms with van der Waals surface area (Å²) in [7, 11) is 0. The molecule has 0 radical (unpaired) electrons. The van der Waals surface area contributed by atoms with Crippen LogP contribution in [-0.2, 0) is 4.79 Å². The predicted molar refractivity (Wildman–Crippen MR) is 78.7 cm³/mol. The largest absolute Gasteiger partial charge is 0.481 e. The molecule has 116 valence electrons. The highest BCUT2D eigenvalue weighted by atomic mass is 16.4. The number of carboxylic acids is 1. The van der Waals surface area contributed by atoms with E-state index in [-0.39, 0.29) is 12.5 Å². The van der Waals surface area contributed by atoms with Gasteiger partial charge in [-0.2, -0.15) is 0 Å². The first-order valence-corrected chi connectivity index (χ1v) is 7.80. The van der Waals surface area contributed by atoms with Crippen LogP contribution in [-0.4, -0.2) is 41.1 Å². The van der Waals surface area contributed by atoms with E-state index < -0.39 is 5.97 Å². The van der Waals surface area contributed by atoms with Crippen LogP contribution in [0.25, 0.3) is 0 Å². The van der Waals surface area contributed by atoms with Crippen molar-refractivity contribution >= 4 is 12.0 Å². The highest BCUT2D eigenvalue weighted by Gasteiger charge is 2.24. The summed E-state index contributed by atoms with van der Waals surface area (Å²) in [5, 5.41) is 11.6. The van der Waals surface area contributed by atoms with Crippen molar-refractivity contribution in [1.29, 1.82) is 0 Å². The summed E-state index contributed by atoms with van der Waals surface area (Å²) in [6, 6.07) is 0.439. The Morgan fingerprint density at radius 2 is 1.95 bits per heavy atom. The van der Waals surface area contributed by atoms with E-state index in [0.717, 1.165) is 25.8 Å². The second-order valence-corrected chi connectivity index (χ2v) is 5.78. The van der Waals surface area contributed by atoms with Crippen LogP contribution in [0, 0.1) is 5.92 Å². The number of nitrogens with zero attached hydrogens (tertiary/aromatic N) is 1. The van der Waals surface area contributed by atoms with Gasteiger partial charge in [-0.1, -0.05) is 19.8 Å². The molecule has 1 rings (SSSR count). The number of hydrogen-bond acceptors (Lipinski definition) is 2. The Kier molecular flexibility index (Phi) is 7.41. The van der Waals surface area contributed by atoms with Gasteiger partial charge in [0, 0.05) is 25.6 Å². The first-order valence-electron chi connectivity index (χ1n) is 7.80. The monoisotopic (exact) mass is 284 g/mol. The molecule has 0 aromatic rings. The number of amides is 2. The molecule has 0 bridgehead atoms. The minimum Gasteiger partial charge on any atom is -0.481 e. The second kappa shape index (κ2) is 8.82. The Labute approximate surface area is 121 Å². The van der Waals surface area contributed by atoms with Gasteiger partial charge in [0.25, 0.3) is 0 Å². The Bertz CT molecular complexity index is 314. The fourth-order valence-corrected chi connectivity index (χ4v) is 2.82. The van der Waals surface area contributed by atoms with Crippen molar-refractivity contribution in [3.8, 4) is 0 Å². The molecular formula is C15H28N2O3. The fraction of sp³-hybridized carbons (Fsp3) is 0.867. The molecule has 1 aliphatic rings. The van der Waals surface area contributed by atoms with E-state index in [1.807, 2.05) is 18.7 Å². The van der Waals surface area contributed by atoms with E-state index in [1.165, 1.54) is 12.8 Å². The highest BCUT2D eigenvalue weighted by Crippen LogP contribution is 2.23. The Morgan fingerprint density at radius 1 is 1.30 bits per heavy atom. The zero-order valence-electron chi connectivity index (χ0n) is 12.7. The molecule has 1 unspecified atom stereocenters. The number of nitrogens with one attached hydrogen (secondary N) is 1. The van der Waals surface area contributed by atoms with E-state index >= 15 is 0 Å². The molecular weight excluding hydrogens is 256 g/mol. The molecule has 1 atom stereocenters. The van der Waals surface area contributed by atoms with Crippen LogP contribution in [0.4, 0.5) is 4.79 Å². The molecule has 1 aliphatic carbocycles. The van der Waals surface area contributed by atoms with Gasteiger partial charge in [0.05, 0.1) is 0 Å². The summed E-state index contributed by atoms with van der Waals surface area (Å²) in [5.74, 6) is -0.424. The molecule has 0 aromatic carbocycles. The van der Waals surface area contributed by atoms with Crippen molar-refractivity contribution in [1.82, 2.24) is 10.2 Å². The summed E-state index contributed by atoms with van der Waals surface area (Å²) in [5.41, 5.74) is 0. The third-order valence-corrected chi connectivity index (χ3v) is 4.13. The van der Waals surface area contributed by atoms with Gasteiger partial charge in [0.2, 0.25) is 0 Å². The SMILES string of the molecule is CCN(C(=O)NCCC(C)CCC(=O)O)C1CCCC1. The molecule has 0 spiro atoms. The number of rotatable bonds is 8. The van der Waals surface area contributed by atoms with Crippen molar-refractivity contribution in [3.63, 3.8) is 0 Å². The third-order valence-electron chi connectivity index (χ3n) is 4.13. The van der Waals surface area contributed by atoms with Gasteiger partial charge >= 0.3 is 12.0 Å². The maximum atomic E-state index is 12.1. The number of urea groups is 1. The van der Waals surface area contributed by atoms with Crippen molar-refractivity contribution in [3.05, 3.63) is 0 Å². The van der Waals surface area contributed by atoms with Crippen molar-refractivity contribution < 1.29 is 14.7 Å². The average molecular weight is 284 g/mol. The molecule has 2 amide bonds. The van der Waals surface area contributed by atoms with Crippen molar-refractivity contribution in [2.45, 2.75) is 64.8 Å². The minimum absolute atomic E-state index is 0.0323. The van der Waals surface area contributed by atoms with E-state index in [1.54, 1.807) is 0 Å². The first kappa shape index (κ1) is 16.8. The Hall–Kier alpha value is -1.26. The first-order chi connectivity index (χ1) is 9.54. The van der Waals surface area contributed by atoms with Crippen LogP contribution in [0.2, 0.25) is 0 Å². The van der Waals surface area contributed by atoms with Gasteiger partial charge in [-0.25, -0.2) is 4.79 Å². The van der Waals surface area contributed by atoms with Crippen LogP contribution in [0.5, 0.6) is 0 Å². The van der Waals surface area contributed by atoms with E-state index in [9.17, 15) is 9.59 Å². The summed E-state index contributed by atoms with van der Waals surface area (Å²) in [4.78, 5) is 24.6.